The second kappa shape index (κ2) is 9.76. The number of hydrogen-bond donors (Lipinski definition) is 4. The molecule has 3 aromatic heterocycles. The third-order valence-electron chi connectivity index (χ3n) is 5.94. The first-order valence-corrected chi connectivity index (χ1v) is 11.4. The Hall–Kier alpha value is -5.28. The molecule has 5 aromatic rings. The van der Waals surface area contributed by atoms with Crippen molar-refractivity contribution in [2.24, 2.45) is 10.7 Å². The van der Waals surface area contributed by atoms with E-state index >= 15 is 0 Å². The lowest BCUT2D eigenvalue weighted by Crippen LogP contribution is -2.13. The Morgan fingerprint density at radius 2 is 1.62 bits per heavy atom. The number of H-pyrrole nitrogens is 2. The minimum atomic E-state index is -0.470. The number of aromatic amines is 2. The van der Waals surface area contributed by atoms with E-state index in [0.29, 0.717) is 17.2 Å². The number of rotatable bonds is 5. The molecule has 1 aliphatic heterocycles. The number of nitrogens with two attached hydrogens (primary N) is 1. The van der Waals surface area contributed by atoms with Gasteiger partial charge in [0.05, 0.1) is 22.8 Å². The van der Waals surface area contributed by atoms with E-state index in [0.717, 1.165) is 45.3 Å². The summed E-state index contributed by atoms with van der Waals surface area (Å²) in [5.74, 6) is 0.890. The number of primary amides is 1. The molecule has 4 heterocycles. The van der Waals surface area contributed by atoms with E-state index in [4.69, 9.17) is 10.7 Å². The van der Waals surface area contributed by atoms with Crippen LogP contribution >= 0.6 is 0 Å². The maximum atomic E-state index is 11.5. The Morgan fingerprint density at radius 3 is 2.41 bits per heavy atom. The predicted octanol–water partition coefficient (Wildman–Crippen LogP) is 4.25. The van der Waals surface area contributed by atoms with E-state index < -0.39 is 5.91 Å². The van der Waals surface area contributed by atoms with Gasteiger partial charge in [0, 0.05) is 29.2 Å². The number of anilines is 1. The number of pyridine rings is 1. The molecule has 1 aliphatic rings. The van der Waals surface area contributed by atoms with Gasteiger partial charge in [-0.2, -0.15) is 0 Å². The molecular weight excluding hydrogens is 466 g/mol. The molecule has 7 N–H and O–H groups in total. The molecule has 0 saturated carbocycles. The molecule has 9 nitrogen and oxygen atoms in total. The van der Waals surface area contributed by atoms with Crippen LogP contribution in [0.25, 0.3) is 40.2 Å². The lowest BCUT2D eigenvalue weighted by molar-refractivity contribution is 0.100. The van der Waals surface area contributed by atoms with Crippen molar-refractivity contribution < 1.29 is 10.3 Å². The number of imidazole rings is 1. The fraction of sp³-hybridized carbons (Fsp3) is 0. The molecule has 6 rings (SSSR count). The summed E-state index contributed by atoms with van der Waals surface area (Å²) in [7, 11) is 0. The zero-order valence-electron chi connectivity index (χ0n) is 19.6. The number of nitrogens with one attached hydrogen (secondary N) is 3. The standard InChI is InChI=1S/C28H21N7O.H2O/c29-26(36)18-8-10-19(11-9-18)27-34-24(21-7-3-4-15-30-21)25(35-27)22-12-13-23(32-22)28-31-16-14-17-5-1-2-6-20(17)33-28;/h1-16,32H,(H2,29,36)(H,31,33)(H,34,35);1H2. The third kappa shape index (κ3) is 4.54. The summed E-state index contributed by atoms with van der Waals surface area (Å²) in [5, 5.41) is 3.41. The van der Waals surface area contributed by atoms with Crippen LogP contribution in [0.1, 0.15) is 21.6 Å². The van der Waals surface area contributed by atoms with Crippen LogP contribution in [0.2, 0.25) is 0 Å². The topological polar surface area (TPSA) is 156 Å². The van der Waals surface area contributed by atoms with Crippen LogP contribution in [0.15, 0.2) is 96.3 Å². The maximum Gasteiger partial charge on any atom is 0.248 e. The number of hydrogen-bond acceptors (Lipinski definition) is 5. The van der Waals surface area contributed by atoms with E-state index in [1.165, 1.54) is 0 Å². The summed E-state index contributed by atoms with van der Waals surface area (Å²) in [5.41, 5.74) is 12.6. The van der Waals surface area contributed by atoms with Crippen molar-refractivity contribution >= 4 is 23.5 Å². The number of para-hydroxylation sites is 1. The van der Waals surface area contributed by atoms with Crippen molar-refractivity contribution in [1.29, 1.82) is 0 Å². The van der Waals surface area contributed by atoms with Crippen LogP contribution in [0, 0.1) is 0 Å². The first kappa shape index (κ1) is 23.5. The highest BCUT2D eigenvalue weighted by Gasteiger charge is 2.19. The lowest BCUT2D eigenvalue weighted by Gasteiger charge is -2.08. The Kier molecular flexibility index (Phi) is 6.19. The molecule has 0 radical (unpaired) electrons. The summed E-state index contributed by atoms with van der Waals surface area (Å²) >= 11 is 0. The normalized spacial score (nSPS) is 12.1. The molecule has 0 aliphatic carbocycles. The molecular formula is C28H23N7O2. The van der Waals surface area contributed by atoms with E-state index in [1.54, 1.807) is 24.5 Å². The molecule has 182 valence electrons. The highest BCUT2D eigenvalue weighted by Crippen LogP contribution is 2.32. The van der Waals surface area contributed by atoms with E-state index in [2.05, 4.69) is 25.3 Å². The third-order valence-corrected chi connectivity index (χ3v) is 5.94. The lowest BCUT2D eigenvalue weighted by atomic mass is 10.1. The smallest absolute Gasteiger partial charge is 0.248 e. The Morgan fingerprint density at radius 1 is 0.838 bits per heavy atom. The number of aromatic nitrogens is 4. The van der Waals surface area contributed by atoms with Crippen molar-refractivity contribution in [3.8, 4) is 34.2 Å². The van der Waals surface area contributed by atoms with Crippen LogP contribution in [0.4, 0.5) is 5.69 Å². The molecule has 0 spiro atoms. The minimum absolute atomic E-state index is 0. The summed E-state index contributed by atoms with van der Waals surface area (Å²) in [6.45, 7) is 0. The first-order valence-electron chi connectivity index (χ1n) is 11.4. The summed E-state index contributed by atoms with van der Waals surface area (Å²) in [4.78, 5) is 32.3. The van der Waals surface area contributed by atoms with Crippen LogP contribution in [-0.4, -0.2) is 37.2 Å². The number of amidine groups is 1. The van der Waals surface area contributed by atoms with Gasteiger partial charge in [0.25, 0.3) is 0 Å². The summed E-state index contributed by atoms with van der Waals surface area (Å²) < 4.78 is 0. The van der Waals surface area contributed by atoms with Gasteiger partial charge in [0.2, 0.25) is 5.91 Å². The Labute approximate surface area is 212 Å². The fourth-order valence-electron chi connectivity index (χ4n) is 4.11. The fourth-order valence-corrected chi connectivity index (χ4v) is 4.11. The average Bonchev–Trinajstić information content (AvgIpc) is 3.52. The van der Waals surface area contributed by atoms with Gasteiger partial charge >= 0.3 is 0 Å². The molecule has 0 fully saturated rings. The highest BCUT2D eigenvalue weighted by molar-refractivity contribution is 6.09. The quantitative estimate of drug-likeness (QED) is 0.291. The maximum absolute atomic E-state index is 11.5. The number of fused-ring (bicyclic) bond motifs is 1. The van der Waals surface area contributed by atoms with E-state index in [1.807, 2.05) is 72.8 Å². The number of aliphatic imine (C=N–C) groups is 1. The average molecular weight is 490 g/mol. The van der Waals surface area contributed by atoms with Gasteiger partial charge in [-0.05, 0) is 54.1 Å². The van der Waals surface area contributed by atoms with Crippen molar-refractivity contribution in [2.75, 3.05) is 5.32 Å². The number of nitrogens with zero attached hydrogens (tertiary/aromatic N) is 3. The molecule has 0 bridgehead atoms. The zero-order chi connectivity index (χ0) is 24.5. The van der Waals surface area contributed by atoms with Gasteiger partial charge in [-0.25, -0.2) is 9.98 Å². The zero-order valence-corrected chi connectivity index (χ0v) is 19.6. The Balaban J connectivity index is 0.00000280. The van der Waals surface area contributed by atoms with E-state index in [9.17, 15) is 4.79 Å². The van der Waals surface area contributed by atoms with Crippen LogP contribution in [0.3, 0.4) is 0 Å². The van der Waals surface area contributed by atoms with E-state index in [-0.39, 0.29) is 5.48 Å². The number of amides is 1. The van der Waals surface area contributed by atoms with Gasteiger partial charge in [0.1, 0.15) is 11.5 Å². The van der Waals surface area contributed by atoms with Crippen molar-refractivity contribution in [3.05, 3.63) is 108 Å². The molecule has 2 aromatic carbocycles. The monoisotopic (exact) mass is 489 g/mol. The molecule has 0 unspecified atom stereocenters. The number of carbonyl (C=O) groups is 1. The Bertz CT molecular complexity index is 1630. The van der Waals surface area contributed by atoms with Gasteiger partial charge in [0.15, 0.2) is 5.84 Å². The predicted molar refractivity (Wildman–Crippen MR) is 145 cm³/mol. The highest BCUT2D eigenvalue weighted by atomic mass is 16.1. The molecule has 1 amide bonds. The SMILES string of the molecule is NC(=O)c1ccc(-c2nc(-c3ccc(C4=NC=Cc5ccccc5N4)[nH]3)c(-c3ccccn3)[nH]2)cc1.O. The molecule has 9 heteroatoms. The van der Waals surface area contributed by atoms with Gasteiger partial charge in [-0.3, -0.25) is 9.78 Å². The second-order valence-corrected chi connectivity index (χ2v) is 8.26. The van der Waals surface area contributed by atoms with Crippen molar-refractivity contribution in [3.63, 3.8) is 0 Å². The van der Waals surface area contributed by atoms with Crippen LogP contribution in [-0.2, 0) is 0 Å². The first-order chi connectivity index (χ1) is 17.7. The summed E-state index contributed by atoms with van der Waals surface area (Å²) in [6, 6.07) is 24.7. The molecule has 37 heavy (non-hydrogen) atoms. The van der Waals surface area contributed by atoms with Crippen LogP contribution < -0.4 is 11.1 Å². The second-order valence-electron chi connectivity index (χ2n) is 8.26. The summed E-state index contributed by atoms with van der Waals surface area (Å²) in [6.07, 6.45) is 5.51. The van der Waals surface area contributed by atoms with Gasteiger partial charge in [-0.1, -0.05) is 36.4 Å². The molecule has 0 saturated heterocycles. The van der Waals surface area contributed by atoms with Gasteiger partial charge in [-0.15, -0.1) is 0 Å². The molecule has 0 atom stereocenters. The largest absolute Gasteiger partial charge is 0.412 e. The van der Waals surface area contributed by atoms with Crippen molar-refractivity contribution in [2.45, 2.75) is 0 Å². The van der Waals surface area contributed by atoms with Crippen LogP contribution in [0.5, 0.6) is 0 Å². The number of benzene rings is 2. The minimum Gasteiger partial charge on any atom is -0.412 e. The van der Waals surface area contributed by atoms with Crippen molar-refractivity contribution in [1.82, 2.24) is 19.9 Å². The van der Waals surface area contributed by atoms with Gasteiger partial charge < -0.3 is 26.5 Å². The number of carbonyl (C=O) groups excluding carboxylic acids is 1.